The summed E-state index contributed by atoms with van der Waals surface area (Å²) < 4.78 is 13.8. The molecule has 0 bridgehead atoms. The van der Waals surface area contributed by atoms with Crippen molar-refractivity contribution < 1.29 is 24.2 Å². The molecule has 1 N–H and O–H groups in total. The lowest BCUT2D eigenvalue weighted by molar-refractivity contribution is -0.132. The zero-order chi connectivity index (χ0) is 28.7. The Morgan fingerprint density at radius 3 is 2.61 bits per heavy atom. The number of aliphatic hydroxyl groups excluding tert-OH is 1. The van der Waals surface area contributed by atoms with Crippen LogP contribution >= 0.6 is 11.3 Å². The Labute approximate surface area is 239 Å². The molecule has 1 unspecified atom stereocenters. The Balaban J connectivity index is 1.54. The van der Waals surface area contributed by atoms with E-state index in [1.54, 1.807) is 60.0 Å². The van der Waals surface area contributed by atoms with Gasteiger partial charge in [0.25, 0.3) is 5.78 Å². The summed E-state index contributed by atoms with van der Waals surface area (Å²) in [5.41, 5.74) is 2.71. The first-order chi connectivity index (χ1) is 19.9. The van der Waals surface area contributed by atoms with E-state index < -0.39 is 17.7 Å². The number of ether oxygens (including phenoxy) is 2. The second-order valence-corrected chi connectivity index (χ2v) is 10.4. The van der Waals surface area contributed by atoms with E-state index in [-0.39, 0.29) is 11.3 Å². The number of amides is 1. The van der Waals surface area contributed by atoms with Crippen LogP contribution in [-0.4, -0.2) is 44.4 Å². The molecule has 1 saturated heterocycles. The summed E-state index contributed by atoms with van der Waals surface area (Å²) in [6, 6.07) is 17.1. The number of ketones is 1. The van der Waals surface area contributed by atoms with Gasteiger partial charge in [0.2, 0.25) is 0 Å². The molecule has 41 heavy (non-hydrogen) atoms. The molecule has 2 aromatic carbocycles. The van der Waals surface area contributed by atoms with E-state index in [1.165, 1.54) is 16.2 Å². The van der Waals surface area contributed by atoms with Gasteiger partial charge in [0.1, 0.15) is 29.4 Å². The molecule has 0 radical (unpaired) electrons. The van der Waals surface area contributed by atoms with Crippen molar-refractivity contribution in [1.29, 1.82) is 0 Å². The largest absolute Gasteiger partial charge is 0.505 e. The molecule has 3 aromatic heterocycles. The normalized spacial score (nSPS) is 16.5. The second kappa shape index (κ2) is 10.5. The van der Waals surface area contributed by atoms with Gasteiger partial charge in [0, 0.05) is 6.20 Å². The Bertz CT molecular complexity index is 1850. The van der Waals surface area contributed by atoms with Crippen molar-refractivity contribution in [1.82, 2.24) is 14.4 Å². The van der Waals surface area contributed by atoms with Crippen LogP contribution in [0.5, 0.6) is 11.5 Å². The van der Waals surface area contributed by atoms with Crippen molar-refractivity contribution in [3.63, 3.8) is 0 Å². The summed E-state index contributed by atoms with van der Waals surface area (Å²) in [4.78, 5) is 38.0. The number of hydrogen-bond acceptors (Lipinski definition) is 8. The Kier molecular flexibility index (Phi) is 6.76. The molecule has 1 aliphatic rings. The number of anilines is 1. The molecule has 6 rings (SSSR count). The van der Waals surface area contributed by atoms with E-state index in [4.69, 9.17) is 14.5 Å². The number of aliphatic hydroxyl groups is 1. The van der Waals surface area contributed by atoms with Gasteiger partial charge in [-0.3, -0.25) is 18.9 Å². The van der Waals surface area contributed by atoms with Crippen LogP contribution in [0.4, 0.5) is 5.13 Å². The highest BCUT2D eigenvalue weighted by Gasteiger charge is 2.48. The van der Waals surface area contributed by atoms with Gasteiger partial charge in [0.15, 0.2) is 10.9 Å². The highest BCUT2D eigenvalue weighted by atomic mass is 32.1. The van der Waals surface area contributed by atoms with Crippen LogP contribution in [0.2, 0.25) is 0 Å². The van der Waals surface area contributed by atoms with Crippen LogP contribution in [0.25, 0.3) is 21.6 Å². The number of aryl methyl sites for hydroxylation is 1. The van der Waals surface area contributed by atoms with Crippen LogP contribution in [-0.2, 0) is 9.59 Å². The van der Waals surface area contributed by atoms with Crippen LogP contribution in [0.15, 0.2) is 85.1 Å². The first-order valence-electron chi connectivity index (χ1n) is 13.0. The lowest BCUT2D eigenvalue weighted by Gasteiger charge is -2.23. The van der Waals surface area contributed by atoms with E-state index in [2.05, 4.69) is 11.6 Å². The predicted molar refractivity (Wildman–Crippen MR) is 158 cm³/mol. The number of thiazole rings is 1. The molecule has 206 valence electrons. The van der Waals surface area contributed by atoms with Gasteiger partial charge in [-0.15, -0.1) is 0 Å². The lowest BCUT2D eigenvalue weighted by Crippen LogP contribution is -2.29. The van der Waals surface area contributed by atoms with Crippen LogP contribution in [0, 0.1) is 6.92 Å². The van der Waals surface area contributed by atoms with Gasteiger partial charge >= 0.3 is 5.91 Å². The van der Waals surface area contributed by atoms with Crippen molar-refractivity contribution in [2.45, 2.75) is 19.9 Å². The summed E-state index contributed by atoms with van der Waals surface area (Å²) in [6.07, 6.45) is 3.40. The van der Waals surface area contributed by atoms with Gasteiger partial charge in [-0.25, -0.2) is 9.97 Å². The molecule has 0 spiro atoms. The first-order valence-corrected chi connectivity index (χ1v) is 13.8. The highest BCUT2D eigenvalue weighted by Crippen LogP contribution is 2.45. The first kappa shape index (κ1) is 26.3. The summed E-state index contributed by atoms with van der Waals surface area (Å²) in [6.45, 7) is 8.18. The third kappa shape index (κ3) is 4.52. The van der Waals surface area contributed by atoms with E-state index in [0.717, 1.165) is 4.70 Å². The maximum atomic E-state index is 13.7. The molecular formula is C31H26N4O5S. The maximum Gasteiger partial charge on any atom is 0.301 e. The van der Waals surface area contributed by atoms with Crippen molar-refractivity contribution in [3.8, 4) is 11.5 Å². The van der Waals surface area contributed by atoms with Gasteiger partial charge in [-0.1, -0.05) is 42.2 Å². The SMILES string of the molecule is C=CCOc1ccc(C2/C(=C(\O)c3c(C)nc4ccccn34)C(=O)C(=O)N2c2nc3ccc(OCC)cc3s2)cc1. The number of benzene rings is 2. The topological polar surface area (TPSA) is 106 Å². The van der Waals surface area contributed by atoms with Crippen LogP contribution < -0.4 is 14.4 Å². The molecule has 10 heteroatoms. The number of carbonyl (C=O) groups excluding carboxylic acids is 2. The number of aromatic nitrogens is 3. The predicted octanol–water partition coefficient (Wildman–Crippen LogP) is 5.84. The fraction of sp³-hybridized carbons (Fsp3) is 0.161. The Morgan fingerprint density at radius 1 is 1.07 bits per heavy atom. The zero-order valence-corrected chi connectivity index (χ0v) is 23.2. The number of nitrogens with zero attached hydrogens (tertiary/aromatic N) is 4. The monoisotopic (exact) mass is 566 g/mol. The molecular weight excluding hydrogens is 540 g/mol. The van der Waals surface area contributed by atoms with Crippen molar-refractivity contribution in [2.24, 2.45) is 0 Å². The van der Waals surface area contributed by atoms with Crippen LogP contribution in [0.3, 0.4) is 0 Å². The molecule has 9 nitrogen and oxygen atoms in total. The van der Waals surface area contributed by atoms with Crippen molar-refractivity contribution >= 4 is 49.8 Å². The number of hydrogen-bond donors (Lipinski definition) is 1. The summed E-state index contributed by atoms with van der Waals surface area (Å²) >= 11 is 1.27. The average Bonchev–Trinajstić information content (AvgIpc) is 3.62. The van der Waals surface area contributed by atoms with E-state index in [9.17, 15) is 14.7 Å². The number of pyridine rings is 1. The number of carbonyl (C=O) groups is 2. The van der Waals surface area contributed by atoms with Crippen molar-refractivity contribution in [2.75, 3.05) is 18.1 Å². The van der Waals surface area contributed by atoms with Gasteiger partial charge in [-0.2, -0.15) is 0 Å². The summed E-state index contributed by atoms with van der Waals surface area (Å²) in [5.74, 6) is -0.601. The molecule has 0 aliphatic carbocycles. The molecule has 1 atom stereocenters. The molecule has 5 aromatic rings. The molecule has 1 fully saturated rings. The zero-order valence-electron chi connectivity index (χ0n) is 22.4. The molecule has 4 heterocycles. The second-order valence-electron chi connectivity index (χ2n) is 9.37. The third-order valence-corrected chi connectivity index (χ3v) is 7.82. The third-order valence-electron chi connectivity index (χ3n) is 6.80. The van der Waals surface area contributed by atoms with E-state index in [1.807, 2.05) is 31.2 Å². The minimum Gasteiger partial charge on any atom is -0.505 e. The van der Waals surface area contributed by atoms with Gasteiger partial charge in [-0.05, 0) is 61.9 Å². The van der Waals surface area contributed by atoms with E-state index >= 15 is 0 Å². The van der Waals surface area contributed by atoms with E-state index in [0.29, 0.717) is 58.0 Å². The van der Waals surface area contributed by atoms with Gasteiger partial charge < -0.3 is 14.6 Å². The quantitative estimate of drug-likeness (QED) is 0.109. The number of fused-ring (bicyclic) bond motifs is 2. The molecule has 1 amide bonds. The minimum atomic E-state index is -0.941. The smallest absolute Gasteiger partial charge is 0.301 e. The fourth-order valence-corrected chi connectivity index (χ4v) is 6.05. The fourth-order valence-electron chi connectivity index (χ4n) is 5.03. The molecule has 1 aliphatic heterocycles. The number of imidazole rings is 1. The summed E-state index contributed by atoms with van der Waals surface area (Å²) in [5, 5.41) is 12.1. The number of rotatable bonds is 8. The summed E-state index contributed by atoms with van der Waals surface area (Å²) in [7, 11) is 0. The van der Waals surface area contributed by atoms with Crippen molar-refractivity contribution in [3.05, 3.63) is 102 Å². The Morgan fingerprint density at radius 2 is 1.85 bits per heavy atom. The lowest BCUT2D eigenvalue weighted by atomic mass is 9.96. The number of Topliss-reactive ketones (excluding diaryl/α,β-unsaturated/α-hetero) is 1. The van der Waals surface area contributed by atoms with Crippen LogP contribution in [0.1, 0.15) is 29.9 Å². The molecule has 0 saturated carbocycles. The minimum absolute atomic E-state index is 0.0437. The maximum absolute atomic E-state index is 13.7. The standard InChI is InChI=1S/C31H26N4O5S/c1-4-16-40-20-11-9-19(10-12-20)27-25(28(36)26-18(3)32-24-8-6-7-15-34(24)26)29(37)30(38)35(27)31-33-22-14-13-21(39-5-2)17-23(22)41-31/h4,6-15,17,27,36H,1,5,16H2,2-3H3/b28-25+. The highest BCUT2D eigenvalue weighted by molar-refractivity contribution is 7.22. The Hall–Kier alpha value is -4.96. The average molecular weight is 567 g/mol. The van der Waals surface area contributed by atoms with Gasteiger partial charge in [0.05, 0.1) is 34.1 Å².